The summed E-state index contributed by atoms with van der Waals surface area (Å²) >= 11 is 5.25. The zero-order valence-electron chi connectivity index (χ0n) is 6.66. The number of rotatable bonds is 1. The van der Waals surface area contributed by atoms with Crippen molar-refractivity contribution < 1.29 is 0 Å². The molecule has 12 heavy (non-hydrogen) atoms. The van der Waals surface area contributed by atoms with Crippen molar-refractivity contribution in [2.75, 3.05) is 18.0 Å². The number of nitrogens with two attached hydrogens (primary N) is 1. The van der Waals surface area contributed by atoms with Gasteiger partial charge in [-0.3, -0.25) is 0 Å². The van der Waals surface area contributed by atoms with Gasteiger partial charge in [-0.05, 0) is 22.4 Å². The molecule has 0 aliphatic carbocycles. The summed E-state index contributed by atoms with van der Waals surface area (Å²) in [4.78, 5) is 2.34. The Morgan fingerprint density at radius 1 is 1.58 bits per heavy atom. The molecule has 0 amide bonds. The predicted molar refractivity (Wildman–Crippen MR) is 56.8 cm³/mol. The molecule has 2 rings (SSSR count). The summed E-state index contributed by atoms with van der Waals surface area (Å²) in [6.07, 6.45) is 1.11. The number of thiophene rings is 1. The second-order valence-electron chi connectivity index (χ2n) is 3.10. The van der Waals surface area contributed by atoms with Crippen LogP contribution < -0.4 is 10.6 Å². The summed E-state index contributed by atoms with van der Waals surface area (Å²) in [5.74, 6) is 0. The van der Waals surface area contributed by atoms with Gasteiger partial charge in [0, 0.05) is 29.9 Å². The fraction of sp³-hybridized carbons (Fsp3) is 0.500. The van der Waals surface area contributed by atoms with E-state index in [0.717, 1.165) is 19.5 Å². The van der Waals surface area contributed by atoms with Crippen molar-refractivity contribution in [1.29, 1.82) is 0 Å². The van der Waals surface area contributed by atoms with E-state index in [4.69, 9.17) is 5.73 Å². The molecule has 66 valence electrons. The molecule has 2 heterocycles. The molecule has 2 nitrogen and oxygen atoms in total. The second-order valence-corrected chi connectivity index (χ2v) is 4.70. The molecule has 0 aromatic carbocycles. The van der Waals surface area contributed by atoms with Crippen LogP contribution in [0.1, 0.15) is 6.42 Å². The smallest absolute Gasteiger partial charge is 0.0619 e. The van der Waals surface area contributed by atoms with Crippen molar-refractivity contribution in [3.8, 4) is 0 Å². The van der Waals surface area contributed by atoms with Crippen LogP contribution in [0.4, 0.5) is 5.69 Å². The SMILES string of the molecule is NC1CCN(c2cscc2Br)C1. The van der Waals surface area contributed by atoms with Crippen molar-refractivity contribution in [3.05, 3.63) is 15.2 Å². The second kappa shape index (κ2) is 3.36. The van der Waals surface area contributed by atoms with E-state index in [0.29, 0.717) is 6.04 Å². The Kier molecular flexibility index (Phi) is 2.39. The highest BCUT2D eigenvalue weighted by atomic mass is 79.9. The summed E-state index contributed by atoms with van der Waals surface area (Å²) in [6.45, 7) is 2.09. The summed E-state index contributed by atoms with van der Waals surface area (Å²) in [5, 5.41) is 4.28. The van der Waals surface area contributed by atoms with Crippen LogP contribution in [0.5, 0.6) is 0 Å². The van der Waals surface area contributed by atoms with Crippen molar-refractivity contribution in [3.63, 3.8) is 0 Å². The van der Waals surface area contributed by atoms with Gasteiger partial charge < -0.3 is 10.6 Å². The maximum Gasteiger partial charge on any atom is 0.0619 e. The van der Waals surface area contributed by atoms with Crippen LogP contribution >= 0.6 is 27.3 Å². The molecular formula is C8H11BrN2S. The first-order chi connectivity index (χ1) is 5.77. The van der Waals surface area contributed by atoms with Crippen molar-refractivity contribution >= 4 is 33.0 Å². The lowest BCUT2D eigenvalue weighted by molar-refractivity contribution is 0.752. The normalized spacial score (nSPS) is 23.5. The molecule has 1 aliphatic heterocycles. The van der Waals surface area contributed by atoms with Gasteiger partial charge in [-0.1, -0.05) is 0 Å². The molecule has 1 aliphatic rings. The highest BCUT2D eigenvalue weighted by molar-refractivity contribution is 9.10. The first kappa shape index (κ1) is 8.53. The highest BCUT2D eigenvalue weighted by Crippen LogP contribution is 2.31. The van der Waals surface area contributed by atoms with Crippen molar-refractivity contribution in [1.82, 2.24) is 0 Å². The Labute approximate surface area is 84.5 Å². The number of nitrogens with zero attached hydrogens (tertiary/aromatic N) is 1. The molecule has 4 heteroatoms. The fourth-order valence-corrected chi connectivity index (χ4v) is 3.06. The zero-order chi connectivity index (χ0) is 8.55. The number of anilines is 1. The third-order valence-electron chi connectivity index (χ3n) is 2.16. The Hall–Kier alpha value is -0.0600. The van der Waals surface area contributed by atoms with Crippen LogP contribution in [-0.2, 0) is 0 Å². The van der Waals surface area contributed by atoms with E-state index in [-0.39, 0.29) is 0 Å². The maximum absolute atomic E-state index is 5.83. The molecule has 1 aromatic heterocycles. The third-order valence-corrected chi connectivity index (χ3v) is 3.83. The average Bonchev–Trinajstić information content (AvgIpc) is 2.58. The Morgan fingerprint density at radius 3 is 2.92 bits per heavy atom. The van der Waals surface area contributed by atoms with E-state index in [2.05, 4.69) is 31.6 Å². The standard InChI is InChI=1S/C8H11BrN2S/c9-7-4-12-5-8(7)11-2-1-6(10)3-11/h4-6H,1-3,10H2. The van der Waals surface area contributed by atoms with Crippen LogP contribution in [0.3, 0.4) is 0 Å². The maximum atomic E-state index is 5.83. The molecule has 1 atom stereocenters. The molecule has 1 fully saturated rings. The lowest BCUT2D eigenvalue weighted by Crippen LogP contribution is -2.26. The van der Waals surface area contributed by atoms with Crippen molar-refractivity contribution in [2.24, 2.45) is 5.73 Å². The van der Waals surface area contributed by atoms with E-state index < -0.39 is 0 Å². The quantitative estimate of drug-likeness (QED) is 0.822. The fourth-order valence-electron chi connectivity index (χ4n) is 1.51. The van der Waals surface area contributed by atoms with E-state index in [9.17, 15) is 0 Å². The van der Waals surface area contributed by atoms with Crippen LogP contribution in [0.15, 0.2) is 15.2 Å². The van der Waals surface area contributed by atoms with Crippen LogP contribution in [0.2, 0.25) is 0 Å². The first-order valence-corrected chi connectivity index (χ1v) is 5.73. The average molecular weight is 247 g/mol. The third kappa shape index (κ3) is 1.51. The summed E-state index contributed by atoms with van der Waals surface area (Å²) < 4.78 is 1.20. The van der Waals surface area contributed by atoms with Crippen LogP contribution in [0, 0.1) is 0 Å². The van der Waals surface area contributed by atoms with Gasteiger partial charge in [0.2, 0.25) is 0 Å². The van der Waals surface area contributed by atoms with Gasteiger partial charge in [0.25, 0.3) is 0 Å². The molecule has 0 radical (unpaired) electrons. The molecule has 2 N–H and O–H groups in total. The molecule has 1 unspecified atom stereocenters. The van der Waals surface area contributed by atoms with E-state index in [1.807, 2.05) is 0 Å². The lowest BCUT2D eigenvalue weighted by Gasteiger charge is -2.16. The minimum atomic E-state index is 0.358. The van der Waals surface area contributed by atoms with Gasteiger partial charge in [-0.25, -0.2) is 0 Å². The molecule has 0 bridgehead atoms. The topological polar surface area (TPSA) is 29.3 Å². The Bertz CT molecular complexity index is 274. The molecule has 0 spiro atoms. The summed E-state index contributed by atoms with van der Waals surface area (Å²) in [6, 6.07) is 0.358. The minimum Gasteiger partial charge on any atom is -0.368 e. The highest BCUT2D eigenvalue weighted by Gasteiger charge is 2.20. The minimum absolute atomic E-state index is 0.358. The van der Waals surface area contributed by atoms with Gasteiger partial charge in [-0.15, -0.1) is 11.3 Å². The van der Waals surface area contributed by atoms with Gasteiger partial charge >= 0.3 is 0 Å². The Morgan fingerprint density at radius 2 is 2.42 bits per heavy atom. The van der Waals surface area contributed by atoms with Gasteiger partial charge in [-0.2, -0.15) is 0 Å². The van der Waals surface area contributed by atoms with Crippen molar-refractivity contribution in [2.45, 2.75) is 12.5 Å². The Balaban J connectivity index is 2.16. The van der Waals surface area contributed by atoms with Gasteiger partial charge in [0.1, 0.15) is 0 Å². The van der Waals surface area contributed by atoms with E-state index >= 15 is 0 Å². The number of hydrogen-bond acceptors (Lipinski definition) is 3. The number of hydrogen-bond donors (Lipinski definition) is 1. The molecule has 1 aromatic rings. The molecule has 0 saturated carbocycles. The van der Waals surface area contributed by atoms with Gasteiger partial charge in [0.15, 0.2) is 0 Å². The summed E-state index contributed by atoms with van der Waals surface area (Å²) in [5.41, 5.74) is 7.13. The molecule has 1 saturated heterocycles. The van der Waals surface area contributed by atoms with Crippen LogP contribution in [-0.4, -0.2) is 19.1 Å². The van der Waals surface area contributed by atoms with E-state index in [1.165, 1.54) is 10.2 Å². The lowest BCUT2D eigenvalue weighted by atomic mass is 10.3. The largest absolute Gasteiger partial charge is 0.368 e. The molecular weight excluding hydrogens is 236 g/mol. The van der Waals surface area contributed by atoms with Gasteiger partial charge in [0.05, 0.1) is 10.2 Å². The first-order valence-electron chi connectivity index (χ1n) is 3.99. The van der Waals surface area contributed by atoms with Crippen LogP contribution in [0.25, 0.3) is 0 Å². The predicted octanol–water partition coefficient (Wildman–Crippen LogP) is 2.05. The van der Waals surface area contributed by atoms with E-state index in [1.54, 1.807) is 11.3 Å². The summed E-state index contributed by atoms with van der Waals surface area (Å²) in [7, 11) is 0. The zero-order valence-corrected chi connectivity index (χ0v) is 9.07. The number of halogens is 1. The monoisotopic (exact) mass is 246 g/mol.